The molecule has 1 aromatic carbocycles. The Kier molecular flexibility index (Phi) is 4.63. The Hall–Kier alpha value is -1.75. The molecule has 1 aromatic rings. The van der Waals surface area contributed by atoms with E-state index in [1.54, 1.807) is 19.1 Å². The van der Waals surface area contributed by atoms with Crippen LogP contribution in [0.2, 0.25) is 0 Å². The van der Waals surface area contributed by atoms with Gasteiger partial charge in [0.15, 0.2) is 0 Å². The van der Waals surface area contributed by atoms with Gasteiger partial charge in [-0.1, -0.05) is 0 Å². The molecule has 1 heterocycles. The molecule has 0 radical (unpaired) electrons. The minimum absolute atomic E-state index is 0.343. The summed E-state index contributed by atoms with van der Waals surface area (Å²) in [5.41, 5.74) is 7.52. The number of nitrogens with two attached hydrogens (primary N) is 1. The summed E-state index contributed by atoms with van der Waals surface area (Å²) < 4.78 is 10.3. The van der Waals surface area contributed by atoms with Crippen LogP contribution in [0.15, 0.2) is 18.2 Å². The van der Waals surface area contributed by atoms with Gasteiger partial charge in [-0.2, -0.15) is 0 Å². The van der Waals surface area contributed by atoms with E-state index in [0.717, 1.165) is 31.9 Å². The lowest BCUT2D eigenvalue weighted by molar-refractivity contribution is 0.0527. The molecular weight excluding hydrogens is 244 g/mol. The minimum Gasteiger partial charge on any atom is -0.462 e. The lowest BCUT2D eigenvalue weighted by Crippen LogP contribution is -2.15. The molecule has 1 unspecified atom stereocenters. The van der Waals surface area contributed by atoms with Gasteiger partial charge in [-0.15, -0.1) is 0 Å². The molecule has 0 spiro atoms. The number of carbonyl (C=O) groups excluding carboxylic acids is 1. The molecule has 0 amide bonds. The molecular formula is C14H20N2O3. The van der Waals surface area contributed by atoms with Gasteiger partial charge in [0.25, 0.3) is 0 Å². The van der Waals surface area contributed by atoms with Gasteiger partial charge in [0.2, 0.25) is 0 Å². The molecule has 19 heavy (non-hydrogen) atoms. The third-order valence-electron chi connectivity index (χ3n) is 3.17. The fourth-order valence-corrected chi connectivity index (χ4v) is 2.06. The van der Waals surface area contributed by atoms with E-state index in [9.17, 15) is 4.79 Å². The fraction of sp³-hybridized carbons (Fsp3) is 0.500. The molecule has 2 rings (SSSR count). The van der Waals surface area contributed by atoms with Crippen molar-refractivity contribution >= 4 is 17.3 Å². The van der Waals surface area contributed by atoms with E-state index < -0.39 is 0 Å². The lowest BCUT2D eigenvalue weighted by Gasteiger charge is -2.12. The average Bonchev–Trinajstić information content (AvgIpc) is 2.91. The van der Waals surface area contributed by atoms with Crippen molar-refractivity contribution in [1.29, 1.82) is 0 Å². The maximum Gasteiger partial charge on any atom is 0.340 e. The summed E-state index contributed by atoms with van der Waals surface area (Å²) in [5.74, 6) is 0.149. The molecule has 1 atom stereocenters. The topological polar surface area (TPSA) is 73.6 Å². The Balaban J connectivity index is 2.00. The van der Waals surface area contributed by atoms with Crippen LogP contribution in [0.4, 0.5) is 11.4 Å². The van der Waals surface area contributed by atoms with E-state index in [4.69, 9.17) is 15.2 Å². The van der Waals surface area contributed by atoms with E-state index >= 15 is 0 Å². The van der Waals surface area contributed by atoms with E-state index in [2.05, 4.69) is 5.32 Å². The van der Waals surface area contributed by atoms with Crippen LogP contribution in [0, 0.1) is 5.92 Å². The number of carbonyl (C=O) groups is 1. The highest BCUT2D eigenvalue weighted by atomic mass is 16.5. The van der Waals surface area contributed by atoms with Crippen LogP contribution in [0.3, 0.4) is 0 Å². The summed E-state index contributed by atoms with van der Waals surface area (Å²) in [6.45, 7) is 4.59. The van der Waals surface area contributed by atoms with Crippen molar-refractivity contribution in [2.24, 2.45) is 5.92 Å². The second-order valence-electron chi connectivity index (χ2n) is 4.63. The molecule has 104 valence electrons. The van der Waals surface area contributed by atoms with Crippen molar-refractivity contribution in [3.63, 3.8) is 0 Å². The third-order valence-corrected chi connectivity index (χ3v) is 3.17. The molecule has 3 N–H and O–H groups in total. The number of hydrogen-bond acceptors (Lipinski definition) is 5. The van der Waals surface area contributed by atoms with Crippen LogP contribution < -0.4 is 11.1 Å². The van der Waals surface area contributed by atoms with Crippen LogP contribution in [-0.4, -0.2) is 32.3 Å². The number of nitrogens with one attached hydrogen (secondary N) is 1. The molecule has 0 saturated carbocycles. The number of benzene rings is 1. The molecule has 1 fully saturated rings. The first-order valence-electron chi connectivity index (χ1n) is 6.59. The first kappa shape index (κ1) is 13.7. The maximum absolute atomic E-state index is 11.7. The largest absolute Gasteiger partial charge is 0.462 e. The van der Waals surface area contributed by atoms with Crippen molar-refractivity contribution in [2.75, 3.05) is 37.4 Å². The number of rotatable bonds is 5. The predicted octanol–water partition coefficient (Wildman–Crippen LogP) is 1.89. The lowest BCUT2D eigenvalue weighted by atomic mass is 10.1. The van der Waals surface area contributed by atoms with E-state index in [1.807, 2.05) is 6.07 Å². The number of anilines is 2. The fourth-order valence-electron chi connectivity index (χ4n) is 2.06. The zero-order chi connectivity index (χ0) is 13.7. The summed E-state index contributed by atoms with van der Waals surface area (Å²) in [4.78, 5) is 11.7. The van der Waals surface area contributed by atoms with Crippen molar-refractivity contribution in [2.45, 2.75) is 13.3 Å². The van der Waals surface area contributed by atoms with Crippen molar-refractivity contribution in [3.8, 4) is 0 Å². The zero-order valence-corrected chi connectivity index (χ0v) is 11.1. The van der Waals surface area contributed by atoms with E-state index in [1.165, 1.54) is 0 Å². The summed E-state index contributed by atoms with van der Waals surface area (Å²) >= 11 is 0. The van der Waals surface area contributed by atoms with Gasteiger partial charge < -0.3 is 20.5 Å². The Morgan fingerprint density at radius 2 is 2.42 bits per heavy atom. The molecule has 1 saturated heterocycles. The first-order valence-corrected chi connectivity index (χ1v) is 6.59. The van der Waals surface area contributed by atoms with Crippen molar-refractivity contribution < 1.29 is 14.3 Å². The van der Waals surface area contributed by atoms with Crippen LogP contribution in [0.1, 0.15) is 23.7 Å². The minimum atomic E-state index is -0.382. The summed E-state index contributed by atoms with van der Waals surface area (Å²) in [6.07, 6.45) is 1.08. The second kappa shape index (κ2) is 6.43. The molecule has 0 aliphatic carbocycles. The molecule has 1 aliphatic heterocycles. The predicted molar refractivity (Wildman–Crippen MR) is 74.2 cm³/mol. The van der Waals surface area contributed by atoms with Gasteiger partial charge in [0.05, 0.1) is 18.8 Å². The highest BCUT2D eigenvalue weighted by Gasteiger charge is 2.16. The molecule has 5 heteroatoms. The van der Waals surface area contributed by atoms with Gasteiger partial charge in [-0.3, -0.25) is 0 Å². The Morgan fingerprint density at radius 3 is 3.11 bits per heavy atom. The van der Waals surface area contributed by atoms with Crippen LogP contribution in [0.5, 0.6) is 0 Å². The molecule has 0 bridgehead atoms. The van der Waals surface area contributed by atoms with Gasteiger partial charge in [0.1, 0.15) is 0 Å². The van der Waals surface area contributed by atoms with Crippen LogP contribution in [-0.2, 0) is 9.47 Å². The summed E-state index contributed by atoms with van der Waals surface area (Å²) in [6, 6.07) is 5.33. The van der Waals surface area contributed by atoms with Crippen LogP contribution in [0.25, 0.3) is 0 Å². The smallest absolute Gasteiger partial charge is 0.340 e. The monoisotopic (exact) mass is 264 g/mol. The summed E-state index contributed by atoms with van der Waals surface area (Å²) in [5, 5.41) is 3.31. The zero-order valence-electron chi connectivity index (χ0n) is 11.1. The molecule has 0 aromatic heterocycles. The van der Waals surface area contributed by atoms with Crippen LogP contribution >= 0.6 is 0 Å². The first-order chi connectivity index (χ1) is 9.20. The van der Waals surface area contributed by atoms with Gasteiger partial charge in [0, 0.05) is 30.4 Å². The number of hydrogen-bond donors (Lipinski definition) is 2. The quantitative estimate of drug-likeness (QED) is 0.627. The number of nitrogen functional groups attached to an aromatic ring is 1. The highest BCUT2D eigenvalue weighted by Crippen LogP contribution is 2.20. The van der Waals surface area contributed by atoms with E-state index in [-0.39, 0.29) is 5.97 Å². The van der Waals surface area contributed by atoms with Gasteiger partial charge in [-0.25, -0.2) is 4.79 Å². The average molecular weight is 264 g/mol. The van der Waals surface area contributed by atoms with E-state index in [0.29, 0.717) is 23.8 Å². The SMILES string of the molecule is CCOC(=O)c1cc(NCC2CCOC2)ccc1N. The van der Waals surface area contributed by atoms with Crippen molar-refractivity contribution in [1.82, 2.24) is 0 Å². The number of esters is 1. The summed E-state index contributed by atoms with van der Waals surface area (Å²) in [7, 11) is 0. The molecule has 5 nitrogen and oxygen atoms in total. The highest BCUT2D eigenvalue weighted by molar-refractivity contribution is 5.96. The Bertz CT molecular complexity index is 442. The van der Waals surface area contributed by atoms with Crippen molar-refractivity contribution in [3.05, 3.63) is 23.8 Å². The van der Waals surface area contributed by atoms with Gasteiger partial charge in [-0.05, 0) is 31.5 Å². The standard InChI is InChI=1S/C14H20N2O3/c1-2-19-14(17)12-7-11(3-4-13(12)15)16-8-10-5-6-18-9-10/h3-4,7,10,16H,2,5-6,8-9,15H2,1H3. The normalized spacial score (nSPS) is 18.3. The Labute approximate surface area is 113 Å². The second-order valence-corrected chi connectivity index (χ2v) is 4.63. The Morgan fingerprint density at radius 1 is 1.58 bits per heavy atom. The third kappa shape index (κ3) is 3.61. The van der Waals surface area contributed by atoms with Gasteiger partial charge >= 0.3 is 5.97 Å². The molecule has 1 aliphatic rings. The number of ether oxygens (including phenoxy) is 2. The maximum atomic E-state index is 11.7.